The molecule has 1 saturated heterocycles. The van der Waals surface area contributed by atoms with Crippen LogP contribution in [-0.4, -0.2) is 55.6 Å². The van der Waals surface area contributed by atoms with Crippen molar-refractivity contribution in [3.63, 3.8) is 0 Å². The number of hydrogen-bond donors (Lipinski definition) is 1. The number of nitrogens with one attached hydrogen (secondary N) is 1. The summed E-state index contributed by atoms with van der Waals surface area (Å²) in [7, 11) is 1.59. The highest BCUT2D eigenvalue weighted by Crippen LogP contribution is 2.52. The van der Waals surface area contributed by atoms with Gasteiger partial charge in [-0.05, 0) is 63.3 Å². The second-order valence-electron chi connectivity index (χ2n) is 12.5. The summed E-state index contributed by atoms with van der Waals surface area (Å²) in [6.45, 7) is 8.52. The average Bonchev–Trinajstić information content (AvgIpc) is 3.30. The molecule has 2 atom stereocenters. The Morgan fingerprint density at radius 1 is 1.14 bits per heavy atom. The molecule has 1 aliphatic carbocycles. The standard InChI is InChI=1S/C32H37ClN6O3S2/c1-31(2,3)44(41)37-29-22-8-6-5-7-21(22)17-32(29)11-13-38(14-12-32)25-18-35-26(19-34-25)43-24-10-9-23-27(28(24)33)30(40)39(20-36-23)15-16-42-4/h5-10,18-20,29,37H,11-17H2,1-4H3/t29-,44?/m1/s1. The van der Waals surface area contributed by atoms with Crippen LogP contribution in [0.2, 0.25) is 5.02 Å². The monoisotopic (exact) mass is 652 g/mol. The van der Waals surface area contributed by atoms with Crippen molar-refractivity contribution in [2.24, 2.45) is 5.41 Å². The lowest BCUT2D eigenvalue weighted by Gasteiger charge is -2.44. The molecule has 2 aromatic carbocycles. The average molecular weight is 653 g/mol. The number of hydrogen-bond acceptors (Lipinski definition) is 9. The highest BCUT2D eigenvalue weighted by molar-refractivity contribution is 7.99. The zero-order chi connectivity index (χ0) is 31.1. The predicted molar refractivity (Wildman–Crippen MR) is 177 cm³/mol. The zero-order valence-corrected chi connectivity index (χ0v) is 27.8. The van der Waals surface area contributed by atoms with Gasteiger partial charge < -0.3 is 14.2 Å². The largest absolute Gasteiger partial charge is 0.598 e. The molecule has 1 fully saturated rings. The molecule has 0 saturated carbocycles. The Balaban J connectivity index is 1.16. The number of ether oxygens (including phenoxy) is 1. The van der Waals surface area contributed by atoms with Crippen LogP contribution in [0.1, 0.15) is 50.8 Å². The third-order valence-electron chi connectivity index (χ3n) is 8.65. The number of fused-ring (bicyclic) bond motifs is 2. The molecule has 4 aromatic rings. The van der Waals surface area contributed by atoms with Gasteiger partial charge in [0.2, 0.25) is 0 Å². The fraction of sp³-hybridized carbons (Fsp3) is 0.438. The van der Waals surface area contributed by atoms with Crippen LogP contribution < -0.4 is 15.2 Å². The lowest BCUT2D eigenvalue weighted by Crippen LogP contribution is -2.49. The number of aromatic nitrogens is 4. The number of anilines is 1. The summed E-state index contributed by atoms with van der Waals surface area (Å²) in [5.74, 6) is 0.831. The van der Waals surface area contributed by atoms with Gasteiger partial charge in [0.1, 0.15) is 15.6 Å². The zero-order valence-electron chi connectivity index (χ0n) is 25.4. The van der Waals surface area contributed by atoms with Gasteiger partial charge in [-0.2, -0.15) is 0 Å². The molecule has 9 nitrogen and oxygen atoms in total. The summed E-state index contributed by atoms with van der Waals surface area (Å²) in [6.07, 6.45) is 7.99. The quantitative estimate of drug-likeness (QED) is 0.244. The third kappa shape index (κ3) is 6.10. The Hall–Kier alpha value is -2.67. The maximum Gasteiger partial charge on any atom is 0.262 e. The van der Waals surface area contributed by atoms with E-state index in [4.69, 9.17) is 21.3 Å². The van der Waals surface area contributed by atoms with Gasteiger partial charge in [0.05, 0.1) is 53.8 Å². The van der Waals surface area contributed by atoms with Crippen LogP contribution in [0, 0.1) is 5.41 Å². The molecular weight excluding hydrogens is 616 g/mol. The van der Waals surface area contributed by atoms with E-state index in [9.17, 15) is 9.35 Å². The molecule has 3 heterocycles. The summed E-state index contributed by atoms with van der Waals surface area (Å²) in [5.41, 5.74) is 2.99. The number of rotatable bonds is 8. The molecular formula is C32H37ClN6O3S2. The third-order valence-corrected chi connectivity index (χ3v) is 11.7. The van der Waals surface area contributed by atoms with Crippen LogP contribution in [0.4, 0.5) is 5.82 Å². The van der Waals surface area contributed by atoms with E-state index in [0.717, 1.165) is 43.1 Å². The van der Waals surface area contributed by atoms with Crippen LogP contribution in [0.5, 0.6) is 0 Å². The molecule has 2 aliphatic rings. The van der Waals surface area contributed by atoms with Crippen molar-refractivity contribution in [1.29, 1.82) is 0 Å². The summed E-state index contributed by atoms with van der Waals surface area (Å²) in [6, 6.07) is 12.3. The Morgan fingerprint density at radius 2 is 1.91 bits per heavy atom. The molecule has 0 bridgehead atoms. The highest BCUT2D eigenvalue weighted by atomic mass is 35.5. The molecule has 0 amide bonds. The first-order valence-corrected chi connectivity index (χ1v) is 17.1. The van der Waals surface area contributed by atoms with Crippen LogP contribution in [0.15, 0.2) is 69.8 Å². The molecule has 12 heteroatoms. The summed E-state index contributed by atoms with van der Waals surface area (Å²) < 4.78 is 23.0. The normalized spacial score (nSPS) is 18.6. The van der Waals surface area contributed by atoms with Crippen LogP contribution in [0.3, 0.4) is 0 Å². The van der Waals surface area contributed by atoms with E-state index in [1.807, 2.05) is 33.0 Å². The molecule has 6 rings (SSSR count). The second-order valence-corrected chi connectivity index (χ2v) is 15.9. The summed E-state index contributed by atoms with van der Waals surface area (Å²) in [4.78, 5) is 29.9. The van der Waals surface area contributed by atoms with E-state index in [2.05, 4.69) is 43.9 Å². The van der Waals surface area contributed by atoms with Gasteiger partial charge in [0.25, 0.3) is 5.56 Å². The van der Waals surface area contributed by atoms with Crippen LogP contribution in [-0.2, 0) is 29.1 Å². The van der Waals surface area contributed by atoms with Crippen molar-refractivity contribution in [3.05, 3.63) is 81.6 Å². The molecule has 2 aromatic heterocycles. The molecule has 1 N–H and O–H groups in total. The van der Waals surface area contributed by atoms with Gasteiger partial charge in [0.15, 0.2) is 0 Å². The smallest absolute Gasteiger partial charge is 0.262 e. The van der Waals surface area contributed by atoms with E-state index in [1.165, 1.54) is 33.8 Å². The van der Waals surface area contributed by atoms with Gasteiger partial charge in [0, 0.05) is 41.9 Å². The topological polar surface area (TPSA) is 108 Å². The van der Waals surface area contributed by atoms with Gasteiger partial charge >= 0.3 is 0 Å². The SMILES string of the molecule is COCCn1cnc2ccc(Sc3cnc(N4CCC5(CC4)Cc4ccccc4[C@H]5N[S+]([O-])C(C)(C)C)cn3)c(Cl)c2c1=O. The van der Waals surface area contributed by atoms with Gasteiger partial charge in [-0.15, -0.1) is 4.72 Å². The maximum absolute atomic E-state index is 13.2. The number of halogens is 1. The minimum Gasteiger partial charge on any atom is -0.598 e. The van der Waals surface area contributed by atoms with Gasteiger partial charge in [-0.3, -0.25) is 9.36 Å². The first-order chi connectivity index (χ1) is 21.1. The number of piperidine rings is 1. The van der Waals surface area contributed by atoms with Crippen molar-refractivity contribution >= 4 is 51.4 Å². The highest BCUT2D eigenvalue weighted by Gasteiger charge is 2.50. The molecule has 44 heavy (non-hydrogen) atoms. The minimum absolute atomic E-state index is 0.00807. The van der Waals surface area contributed by atoms with Crippen molar-refractivity contribution < 1.29 is 9.29 Å². The number of nitrogens with zero attached hydrogens (tertiary/aromatic N) is 5. The first-order valence-electron chi connectivity index (χ1n) is 14.8. The minimum atomic E-state index is -1.17. The Labute approximate surface area is 270 Å². The van der Waals surface area contributed by atoms with Crippen LogP contribution >= 0.6 is 23.4 Å². The number of methoxy groups -OCH3 is 1. The summed E-state index contributed by atoms with van der Waals surface area (Å²) in [5, 5.41) is 1.43. The maximum atomic E-state index is 13.2. The number of benzene rings is 2. The van der Waals surface area contributed by atoms with E-state index in [1.54, 1.807) is 19.4 Å². The van der Waals surface area contributed by atoms with E-state index in [0.29, 0.717) is 34.1 Å². The lowest BCUT2D eigenvalue weighted by atomic mass is 9.73. The first kappa shape index (κ1) is 31.3. The van der Waals surface area contributed by atoms with Crippen LogP contribution in [0.25, 0.3) is 10.9 Å². The molecule has 1 unspecified atom stereocenters. The Kier molecular flexibility index (Phi) is 8.98. The second kappa shape index (κ2) is 12.6. The fourth-order valence-electron chi connectivity index (χ4n) is 6.16. The summed E-state index contributed by atoms with van der Waals surface area (Å²) >= 11 is 6.94. The van der Waals surface area contributed by atoms with Crippen molar-refractivity contribution in [3.8, 4) is 0 Å². The van der Waals surface area contributed by atoms with E-state index >= 15 is 0 Å². The van der Waals surface area contributed by atoms with Gasteiger partial charge in [-0.25, -0.2) is 15.0 Å². The Morgan fingerprint density at radius 3 is 2.61 bits per heavy atom. The lowest BCUT2D eigenvalue weighted by molar-refractivity contribution is 0.176. The predicted octanol–water partition coefficient (Wildman–Crippen LogP) is 5.57. The van der Waals surface area contributed by atoms with Crippen molar-refractivity contribution in [2.45, 2.75) is 67.3 Å². The van der Waals surface area contributed by atoms with Crippen molar-refractivity contribution in [2.75, 3.05) is 31.7 Å². The fourth-order valence-corrected chi connectivity index (χ4v) is 8.22. The van der Waals surface area contributed by atoms with Crippen molar-refractivity contribution in [1.82, 2.24) is 24.2 Å². The van der Waals surface area contributed by atoms with E-state index < -0.39 is 11.4 Å². The van der Waals surface area contributed by atoms with E-state index in [-0.39, 0.29) is 21.8 Å². The Bertz CT molecular complexity index is 1700. The van der Waals surface area contributed by atoms with Gasteiger partial charge in [-0.1, -0.05) is 47.6 Å². The molecule has 0 radical (unpaired) electrons. The molecule has 232 valence electrons. The molecule has 1 spiro atoms. The molecule has 1 aliphatic heterocycles.